The summed E-state index contributed by atoms with van der Waals surface area (Å²) < 4.78 is 0. The standard InChI is InChI=1S/C8H16N2/c1-5-8(6-9-4)10-7(2)3/h5-7,10H,1-4H3/b8-5+,9-6+. The van der Waals surface area contributed by atoms with Gasteiger partial charge in [0.2, 0.25) is 0 Å². The molecule has 0 saturated heterocycles. The van der Waals surface area contributed by atoms with Crippen LogP contribution in [0.2, 0.25) is 0 Å². The molecule has 58 valence electrons. The lowest BCUT2D eigenvalue weighted by molar-refractivity contribution is 0.688. The normalized spacial score (nSPS) is 13.1. The Morgan fingerprint density at radius 3 is 2.40 bits per heavy atom. The van der Waals surface area contributed by atoms with Crippen molar-refractivity contribution in [3.05, 3.63) is 11.8 Å². The van der Waals surface area contributed by atoms with E-state index in [9.17, 15) is 0 Å². The van der Waals surface area contributed by atoms with Crippen molar-refractivity contribution in [3.8, 4) is 0 Å². The van der Waals surface area contributed by atoms with Gasteiger partial charge in [-0.25, -0.2) is 0 Å². The number of nitrogens with one attached hydrogen (secondary N) is 1. The number of rotatable bonds is 3. The van der Waals surface area contributed by atoms with Crippen LogP contribution in [0, 0.1) is 0 Å². The molecule has 0 aliphatic carbocycles. The van der Waals surface area contributed by atoms with E-state index >= 15 is 0 Å². The molecule has 0 aromatic carbocycles. The van der Waals surface area contributed by atoms with Gasteiger partial charge in [0.25, 0.3) is 0 Å². The third-order valence-electron chi connectivity index (χ3n) is 1.03. The van der Waals surface area contributed by atoms with Crippen LogP contribution in [0.4, 0.5) is 0 Å². The second-order valence-electron chi connectivity index (χ2n) is 2.43. The van der Waals surface area contributed by atoms with Crippen molar-refractivity contribution in [1.82, 2.24) is 5.32 Å². The highest BCUT2D eigenvalue weighted by Crippen LogP contribution is 1.87. The van der Waals surface area contributed by atoms with Gasteiger partial charge in [0.05, 0.1) is 0 Å². The molecule has 0 saturated carbocycles. The molecule has 0 amide bonds. The second-order valence-corrected chi connectivity index (χ2v) is 2.43. The molecular weight excluding hydrogens is 124 g/mol. The molecule has 0 rings (SSSR count). The SMILES string of the molecule is C/C=C(\C=N\C)NC(C)C. The Morgan fingerprint density at radius 2 is 2.10 bits per heavy atom. The zero-order valence-corrected chi connectivity index (χ0v) is 7.18. The Balaban J connectivity index is 3.86. The summed E-state index contributed by atoms with van der Waals surface area (Å²) in [5.41, 5.74) is 1.08. The van der Waals surface area contributed by atoms with Crippen molar-refractivity contribution in [3.63, 3.8) is 0 Å². The van der Waals surface area contributed by atoms with Gasteiger partial charge in [-0.1, -0.05) is 6.08 Å². The minimum absolute atomic E-state index is 0.476. The molecule has 1 N–H and O–H groups in total. The Labute approximate surface area is 63.0 Å². The van der Waals surface area contributed by atoms with Crippen LogP contribution in [0.3, 0.4) is 0 Å². The fraction of sp³-hybridized carbons (Fsp3) is 0.625. The average molecular weight is 140 g/mol. The lowest BCUT2D eigenvalue weighted by Crippen LogP contribution is -2.22. The Morgan fingerprint density at radius 1 is 1.50 bits per heavy atom. The van der Waals surface area contributed by atoms with E-state index in [0.29, 0.717) is 6.04 Å². The molecule has 0 aromatic heterocycles. The fourth-order valence-electron chi connectivity index (χ4n) is 0.668. The van der Waals surface area contributed by atoms with Gasteiger partial charge in [0.15, 0.2) is 0 Å². The maximum atomic E-state index is 3.90. The lowest BCUT2D eigenvalue weighted by atomic mass is 10.3. The molecule has 0 radical (unpaired) electrons. The first kappa shape index (κ1) is 9.21. The topological polar surface area (TPSA) is 24.4 Å². The first-order valence-electron chi connectivity index (χ1n) is 3.55. The van der Waals surface area contributed by atoms with Crippen LogP contribution in [0.5, 0.6) is 0 Å². The van der Waals surface area contributed by atoms with Crippen molar-refractivity contribution in [1.29, 1.82) is 0 Å². The van der Waals surface area contributed by atoms with Crippen LogP contribution in [0.15, 0.2) is 16.8 Å². The van der Waals surface area contributed by atoms with Crippen LogP contribution in [0.1, 0.15) is 20.8 Å². The van der Waals surface area contributed by atoms with Gasteiger partial charge < -0.3 is 5.32 Å². The largest absolute Gasteiger partial charge is 0.382 e. The Kier molecular flexibility index (Phi) is 4.63. The fourth-order valence-corrected chi connectivity index (χ4v) is 0.668. The Bertz CT molecular complexity index is 134. The summed E-state index contributed by atoms with van der Waals surface area (Å²) in [5, 5.41) is 3.24. The third kappa shape index (κ3) is 4.13. The van der Waals surface area contributed by atoms with Gasteiger partial charge in [0.1, 0.15) is 0 Å². The van der Waals surface area contributed by atoms with E-state index in [-0.39, 0.29) is 0 Å². The van der Waals surface area contributed by atoms with Crippen molar-refractivity contribution >= 4 is 6.21 Å². The van der Waals surface area contributed by atoms with E-state index in [4.69, 9.17) is 0 Å². The predicted molar refractivity (Wildman–Crippen MR) is 46.4 cm³/mol. The summed E-state index contributed by atoms with van der Waals surface area (Å²) >= 11 is 0. The summed E-state index contributed by atoms with van der Waals surface area (Å²) in [6.07, 6.45) is 3.83. The van der Waals surface area contributed by atoms with Gasteiger partial charge in [-0.3, -0.25) is 4.99 Å². The summed E-state index contributed by atoms with van der Waals surface area (Å²) in [5.74, 6) is 0. The molecule has 0 bridgehead atoms. The van der Waals surface area contributed by atoms with Gasteiger partial charge in [-0.05, 0) is 20.8 Å². The first-order valence-corrected chi connectivity index (χ1v) is 3.55. The van der Waals surface area contributed by atoms with Crippen molar-refractivity contribution in [2.75, 3.05) is 7.05 Å². The molecule has 2 nitrogen and oxygen atoms in total. The molecule has 0 fully saturated rings. The van der Waals surface area contributed by atoms with E-state index in [1.165, 1.54) is 0 Å². The third-order valence-corrected chi connectivity index (χ3v) is 1.03. The maximum Gasteiger partial charge on any atom is 0.0480 e. The van der Waals surface area contributed by atoms with Gasteiger partial charge in [-0.2, -0.15) is 0 Å². The number of hydrogen-bond acceptors (Lipinski definition) is 2. The zero-order chi connectivity index (χ0) is 7.98. The van der Waals surface area contributed by atoms with E-state index in [1.807, 2.05) is 19.2 Å². The minimum Gasteiger partial charge on any atom is -0.382 e. The molecule has 0 aliphatic heterocycles. The number of nitrogens with zero attached hydrogens (tertiary/aromatic N) is 1. The number of aliphatic imine (C=N–C) groups is 1. The first-order chi connectivity index (χ1) is 4.70. The molecule has 0 aromatic rings. The smallest absolute Gasteiger partial charge is 0.0480 e. The van der Waals surface area contributed by atoms with Gasteiger partial charge >= 0.3 is 0 Å². The van der Waals surface area contributed by atoms with E-state index in [0.717, 1.165) is 5.70 Å². The minimum atomic E-state index is 0.476. The zero-order valence-electron chi connectivity index (χ0n) is 7.18. The van der Waals surface area contributed by atoms with E-state index in [2.05, 4.69) is 24.2 Å². The highest BCUT2D eigenvalue weighted by atomic mass is 14.9. The van der Waals surface area contributed by atoms with Crippen LogP contribution >= 0.6 is 0 Å². The number of hydrogen-bond donors (Lipinski definition) is 1. The van der Waals surface area contributed by atoms with Gasteiger partial charge in [0, 0.05) is 25.0 Å². The van der Waals surface area contributed by atoms with Crippen molar-refractivity contribution < 1.29 is 0 Å². The van der Waals surface area contributed by atoms with Crippen LogP contribution in [-0.2, 0) is 0 Å². The van der Waals surface area contributed by atoms with Crippen LogP contribution in [0.25, 0.3) is 0 Å². The summed E-state index contributed by atoms with van der Waals surface area (Å²) in [6.45, 7) is 6.20. The van der Waals surface area contributed by atoms with Crippen LogP contribution < -0.4 is 5.32 Å². The monoisotopic (exact) mass is 140 g/mol. The molecule has 0 spiro atoms. The molecule has 0 atom stereocenters. The highest BCUT2D eigenvalue weighted by molar-refractivity contribution is 5.77. The Hall–Kier alpha value is -0.790. The van der Waals surface area contributed by atoms with Crippen molar-refractivity contribution in [2.45, 2.75) is 26.8 Å². The molecule has 0 heterocycles. The summed E-state index contributed by atoms with van der Waals surface area (Å²) in [4.78, 5) is 3.90. The molecular formula is C8H16N2. The molecule has 2 heteroatoms. The molecule has 0 aliphatic rings. The quantitative estimate of drug-likeness (QED) is 0.591. The van der Waals surface area contributed by atoms with Crippen LogP contribution in [-0.4, -0.2) is 19.3 Å². The maximum absolute atomic E-state index is 3.90. The van der Waals surface area contributed by atoms with Crippen molar-refractivity contribution in [2.24, 2.45) is 4.99 Å². The highest BCUT2D eigenvalue weighted by Gasteiger charge is 1.91. The lowest BCUT2D eigenvalue weighted by Gasteiger charge is -2.08. The number of allylic oxidation sites excluding steroid dienone is 2. The summed E-state index contributed by atoms with van der Waals surface area (Å²) in [6, 6.07) is 0.476. The van der Waals surface area contributed by atoms with Gasteiger partial charge in [-0.15, -0.1) is 0 Å². The van der Waals surface area contributed by atoms with E-state index in [1.54, 1.807) is 7.05 Å². The molecule has 0 unspecified atom stereocenters. The molecule has 10 heavy (non-hydrogen) atoms. The average Bonchev–Trinajstić information content (AvgIpc) is 1.86. The van der Waals surface area contributed by atoms with E-state index < -0.39 is 0 Å². The predicted octanol–water partition coefficient (Wildman–Crippen LogP) is 1.59. The second kappa shape index (κ2) is 5.03. The summed E-state index contributed by atoms with van der Waals surface area (Å²) in [7, 11) is 1.77.